The Hall–Kier alpha value is -0.810. The molecule has 44 heavy (non-hydrogen) atoms. The standard InChI is InChI=1S/C35H68O9/c1-3-5-7-9-11-13-14-15-17-19-21-23-25-41-27-29(28-42-35-34(40)33(39)32(38)30(26-36)44-35)43-31(37)24-22-20-18-16-12-10-8-6-4-2/h29-30,32-36,38-40H,3-28H2,1-2H3. The van der Waals surface area contributed by atoms with E-state index >= 15 is 0 Å². The highest BCUT2D eigenvalue weighted by atomic mass is 16.7. The van der Waals surface area contributed by atoms with Gasteiger partial charge in [-0.1, -0.05) is 136 Å². The Bertz CT molecular complexity index is 648. The van der Waals surface area contributed by atoms with Gasteiger partial charge in [-0.3, -0.25) is 4.79 Å². The van der Waals surface area contributed by atoms with E-state index in [1.165, 1.54) is 103 Å². The van der Waals surface area contributed by atoms with Gasteiger partial charge in [-0.25, -0.2) is 0 Å². The molecule has 6 unspecified atom stereocenters. The first kappa shape index (κ1) is 41.2. The molecule has 0 aromatic carbocycles. The number of hydrogen-bond donors (Lipinski definition) is 4. The number of aliphatic hydroxyl groups is 4. The number of carbonyl (C=O) groups is 1. The predicted molar refractivity (Wildman–Crippen MR) is 173 cm³/mol. The molecule has 4 N–H and O–H groups in total. The van der Waals surface area contributed by atoms with E-state index in [9.17, 15) is 25.2 Å². The highest BCUT2D eigenvalue weighted by molar-refractivity contribution is 5.69. The first-order valence-corrected chi connectivity index (χ1v) is 18.1. The molecule has 0 aromatic heterocycles. The molecule has 1 heterocycles. The number of aliphatic hydroxyl groups excluding tert-OH is 4. The molecule has 0 aromatic rings. The second-order valence-electron chi connectivity index (χ2n) is 12.7. The zero-order chi connectivity index (χ0) is 32.3. The molecule has 1 aliphatic heterocycles. The van der Waals surface area contributed by atoms with E-state index in [-0.39, 0.29) is 19.2 Å². The molecule has 262 valence electrons. The lowest BCUT2D eigenvalue weighted by molar-refractivity contribution is -0.305. The average molecular weight is 633 g/mol. The largest absolute Gasteiger partial charge is 0.457 e. The maximum absolute atomic E-state index is 12.6. The van der Waals surface area contributed by atoms with E-state index in [4.69, 9.17) is 18.9 Å². The zero-order valence-corrected chi connectivity index (χ0v) is 28.2. The van der Waals surface area contributed by atoms with Crippen molar-refractivity contribution < 1.29 is 44.2 Å². The second kappa shape index (κ2) is 28.4. The summed E-state index contributed by atoms with van der Waals surface area (Å²) < 4.78 is 22.6. The predicted octanol–water partition coefficient (Wildman–Crippen LogP) is 6.35. The van der Waals surface area contributed by atoms with Crippen molar-refractivity contribution in [1.82, 2.24) is 0 Å². The molecule has 1 fully saturated rings. The summed E-state index contributed by atoms with van der Waals surface area (Å²) in [7, 11) is 0. The highest BCUT2D eigenvalue weighted by Gasteiger charge is 2.44. The van der Waals surface area contributed by atoms with E-state index in [1.807, 2.05) is 0 Å². The fraction of sp³-hybridized carbons (Fsp3) is 0.971. The number of hydrogen-bond acceptors (Lipinski definition) is 9. The quantitative estimate of drug-likeness (QED) is 0.0527. The van der Waals surface area contributed by atoms with Crippen molar-refractivity contribution >= 4 is 5.97 Å². The summed E-state index contributed by atoms with van der Waals surface area (Å²) in [5.74, 6) is -0.315. The molecule has 0 bridgehead atoms. The van der Waals surface area contributed by atoms with Gasteiger partial charge in [-0.05, 0) is 12.8 Å². The fourth-order valence-corrected chi connectivity index (χ4v) is 5.61. The normalized spacial score (nSPS) is 22.7. The van der Waals surface area contributed by atoms with Gasteiger partial charge < -0.3 is 39.4 Å². The van der Waals surface area contributed by atoms with Gasteiger partial charge in [0.25, 0.3) is 0 Å². The summed E-state index contributed by atoms with van der Waals surface area (Å²) in [5, 5.41) is 39.8. The molecule has 0 amide bonds. The topological polar surface area (TPSA) is 135 Å². The van der Waals surface area contributed by atoms with E-state index in [2.05, 4.69) is 13.8 Å². The monoisotopic (exact) mass is 632 g/mol. The third-order valence-electron chi connectivity index (χ3n) is 8.52. The summed E-state index contributed by atoms with van der Waals surface area (Å²) in [5.41, 5.74) is 0. The van der Waals surface area contributed by atoms with Crippen LogP contribution in [0.4, 0.5) is 0 Å². The summed E-state index contributed by atoms with van der Waals surface area (Å²) in [6.45, 7) is 4.54. The van der Waals surface area contributed by atoms with Crippen LogP contribution >= 0.6 is 0 Å². The minimum absolute atomic E-state index is 0.107. The van der Waals surface area contributed by atoms with E-state index in [0.717, 1.165) is 32.1 Å². The Kier molecular flexibility index (Phi) is 26.6. The molecule has 1 aliphatic rings. The van der Waals surface area contributed by atoms with Crippen LogP contribution in [0.2, 0.25) is 0 Å². The lowest BCUT2D eigenvalue weighted by Crippen LogP contribution is -2.59. The molecule has 1 saturated heterocycles. The Labute approximate surface area is 268 Å². The Morgan fingerprint density at radius 3 is 1.61 bits per heavy atom. The van der Waals surface area contributed by atoms with Gasteiger partial charge in [0.05, 0.1) is 19.8 Å². The van der Waals surface area contributed by atoms with Crippen LogP contribution in [0.25, 0.3) is 0 Å². The lowest BCUT2D eigenvalue weighted by atomic mass is 9.99. The first-order valence-electron chi connectivity index (χ1n) is 18.1. The Morgan fingerprint density at radius 2 is 1.11 bits per heavy atom. The number of rotatable bonds is 30. The van der Waals surface area contributed by atoms with E-state index < -0.39 is 43.4 Å². The maximum atomic E-state index is 12.6. The van der Waals surface area contributed by atoms with Crippen molar-refractivity contribution in [2.75, 3.05) is 26.4 Å². The van der Waals surface area contributed by atoms with Crippen LogP contribution in [0.3, 0.4) is 0 Å². The van der Waals surface area contributed by atoms with Crippen molar-refractivity contribution in [2.45, 2.75) is 192 Å². The SMILES string of the molecule is CCCCCCCCCCCCCCOCC(COC1OC(CO)C(O)C(O)C1O)OC(=O)CCCCCCCCCCC. The van der Waals surface area contributed by atoms with Crippen molar-refractivity contribution in [2.24, 2.45) is 0 Å². The molecule has 0 aliphatic carbocycles. The second-order valence-corrected chi connectivity index (χ2v) is 12.7. The Balaban J connectivity index is 2.34. The molecule has 9 nitrogen and oxygen atoms in total. The van der Waals surface area contributed by atoms with Crippen LogP contribution in [-0.4, -0.2) is 89.6 Å². The van der Waals surface area contributed by atoms with Gasteiger partial charge in [0, 0.05) is 13.0 Å². The lowest BCUT2D eigenvalue weighted by Gasteiger charge is -2.39. The molecule has 6 atom stereocenters. The minimum Gasteiger partial charge on any atom is -0.457 e. The first-order chi connectivity index (χ1) is 21.4. The van der Waals surface area contributed by atoms with Crippen molar-refractivity contribution in [1.29, 1.82) is 0 Å². The molecule has 1 rings (SSSR count). The van der Waals surface area contributed by atoms with Crippen LogP contribution in [0.15, 0.2) is 0 Å². The van der Waals surface area contributed by atoms with Gasteiger partial charge in [0.15, 0.2) is 6.29 Å². The van der Waals surface area contributed by atoms with E-state index in [0.29, 0.717) is 13.0 Å². The zero-order valence-electron chi connectivity index (χ0n) is 28.2. The number of carbonyl (C=O) groups excluding carboxylic acids is 1. The Morgan fingerprint density at radius 1 is 0.636 bits per heavy atom. The number of unbranched alkanes of at least 4 members (excludes halogenated alkanes) is 19. The fourth-order valence-electron chi connectivity index (χ4n) is 5.61. The van der Waals surface area contributed by atoms with Crippen molar-refractivity contribution in [3.8, 4) is 0 Å². The number of ether oxygens (including phenoxy) is 4. The number of esters is 1. The minimum atomic E-state index is -1.53. The molecule has 0 radical (unpaired) electrons. The molecular formula is C35H68O9. The van der Waals surface area contributed by atoms with Gasteiger partial charge >= 0.3 is 5.97 Å². The van der Waals surface area contributed by atoms with E-state index in [1.54, 1.807) is 0 Å². The van der Waals surface area contributed by atoms with Crippen molar-refractivity contribution in [3.05, 3.63) is 0 Å². The molecular weight excluding hydrogens is 564 g/mol. The van der Waals surface area contributed by atoms with Crippen molar-refractivity contribution in [3.63, 3.8) is 0 Å². The van der Waals surface area contributed by atoms with Crippen LogP contribution in [0.5, 0.6) is 0 Å². The smallest absolute Gasteiger partial charge is 0.306 e. The highest BCUT2D eigenvalue weighted by Crippen LogP contribution is 2.22. The summed E-state index contributed by atoms with van der Waals surface area (Å²) in [4.78, 5) is 12.6. The third kappa shape index (κ3) is 20.3. The molecule has 0 spiro atoms. The van der Waals surface area contributed by atoms with Crippen LogP contribution in [0, 0.1) is 0 Å². The van der Waals surface area contributed by atoms with Gasteiger partial charge in [-0.15, -0.1) is 0 Å². The molecule has 9 heteroatoms. The van der Waals surface area contributed by atoms with Gasteiger partial charge in [0.1, 0.15) is 30.5 Å². The average Bonchev–Trinajstić information content (AvgIpc) is 3.02. The van der Waals surface area contributed by atoms with Gasteiger partial charge in [-0.2, -0.15) is 0 Å². The summed E-state index contributed by atoms with van der Waals surface area (Å²) in [6, 6.07) is 0. The maximum Gasteiger partial charge on any atom is 0.306 e. The molecule has 0 saturated carbocycles. The summed E-state index contributed by atoms with van der Waals surface area (Å²) in [6.07, 6.45) is 18.4. The van der Waals surface area contributed by atoms with Crippen LogP contribution in [0.1, 0.15) is 155 Å². The van der Waals surface area contributed by atoms with Crippen LogP contribution in [-0.2, 0) is 23.7 Å². The van der Waals surface area contributed by atoms with Gasteiger partial charge in [0.2, 0.25) is 0 Å². The van der Waals surface area contributed by atoms with Crippen LogP contribution < -0.4 is 0 Å². The third-order valence-corrected chi connectivity index (χ3v) is 8.52. The summed E-state index contributed by atoms with van der Waals surface area (Å²) >= 11 is 0.